The second kappa shape index (κ2) is 59.9. The molecular weight excluding hydrogens is 863 g/mol. The number of allylic oxidation sites excluding steroid dienone is 4. The molecule has 2 atom stereocenters. The largest absolute Gasteiger partial charge is 0.466 e. The van der Waals surface area contributed by atoms with E-state index >= 15 is 0 Å². The highest BCUT2D eigenvalue weighted by molar-refractivity contribution is 5.76. The van der Waals surface area contributed by atoms with Gasteiger partial charge in [-0.15, -0.1) is 0 Å². The third kappa shape index (κ3) is 55.7. The first-order valence-electron chi connectivity index (χ1n) is 31.6. The summed E-state index contributed by atoms with van der Waals surface area (Å²) in [4.78, 5) is 24.5. The van der Waals surface area contributed by atoms with Gasteiger partial charge in [-0.1, -0.05) is 282 Å². The van der Waals surface area contributed by atoms with Crippen LogP contribution < -0.4 is 5.32 Å². The number of hydrogen-bond acceptors (Lipinski definition) is 5. The second-order valence-electron chi connectivity index (χ2n) is 21.7. The summed E-state index contributed by atoms with van der Waals surface area (Å²) in [6.45, 7) is 4.95. The van der Waals surface area contributed by atoms with Crippen LogP contribution in [0, 0.1) is 0 Å². The normalized spacial score (nSPS) is 12.7. The molecule has 0 fully saturated rings. The molecule has 0 rings (SSSR count). The van der Waals surface area contributed by atoms with E-state index in [4.69, 9.17) is 4.74 Å². The van der Waals surface area contributed by atoms with Crippen LogP contribution in [0.3, 0.4) is 0 Å². The lowest BCUT2D eigenvalue weighted by Crippen LogP contribution is -2.45. The van der Waals surface area contributed by atoms with Gasteiger partial charge in [0.2, 0.25) is 5.91 Å². The first-order valence-corrected chi connectivity index (χ1v) is 31.6. The summed E-state index contributed by atoms with van der Waals surface area (Å²) >= 11 is 0. The Labute approximate surface area is 437 Å². The van der Waals surface area contributed by atoms with Gasteiger partial charge in [0, 0.05) is 12.8 Å². The highest BCUT2D eigenvalue weighted by atomic mass is 16.5. The van der Waals surface area contributed by atoms with Gasteiger partial charge in [-0.25, -0.2) is 0 Å². The molecule has 0 saturated heterocycles. The van der Waals surface area contributed by atoms with Gasteiger partial charge in [0.25, 0.3) is 0 Å². The lowest BCUT2D eigenvalue weighted by molar-refractivity contribution is -0.143. The predicted molar refractivity (Wildman–Crippen MR) is 306 cm³/mol. The Hall–Kier alpha value is -1.66. The number of hydrogen-bond donors (Lipinski definition) is 3. The molecule has 0 saturated carbocycles. The minimum atomic E-state index is -0.667. The molecule has 0 bridgehead atoms. The molecule has 6 heteroatoms. The van der Waals surface area contributed by atoms with E-state index in [1.807, 2.05) is 0 Å². The van der Waals surface area contributed by atoms with E-state index in [-0.39, 0.29) is 18.5 Å². The summed E-state index contributed by atoms with van der Waals surface area (Å²) in [5.41, 5.74) is 0. The van der Waals surface area contributed by atoms with Crippen LogP contribution in [0.4, 0.5) is 0 Å². The summed E-state index contributed by atoms with van der Waals surface area (Å²) in [5.74, 6) is -0.0342. The minimum Gasteiger partial charge on any atom is -0.466 e. The number of ether oxygens (including phenoxy) is 1. The first-order chi connectivity index (χ1) is 34.5. The Morgan fingerprint density at radius 1 is 0.386 bits per heavy atom. The Balaban J connectivity index is 3.41. The molecule has 0 heterocycles. The SMILES string of the molecule is CCCCC/C=C\CCCCCCCC(=O)OCCCCCCCCCCCCCC/C=C\CCCCCCCCCCC(=O)NC(CO)C(O)CCCCCCCCCCCCCCCCCCC. The van der Waals surface area contributed by atoms with Crippen molar-refractivity contribution in [3.05, 3.63) is 24.3 Å². The Morgan fingerprint density at radius 2 is 0.671 bits per heavy atom. The van der Waals surface area contributed by atoms with Crippen LogP contribution in [0.15, 0.2) is 24.3 Å². The van der Waals surface area contributed by atoms with Gasteiger partial charge in [0.1, 0.15) is 0 Å². The van der Waals surface area contributed by atoms with Crippen molar-refractivity contribution < 1.29 is 24.5 Å². The lowest BCUT2D eigenvalue weighted by atomic mass is 10.0. The fourth-order valence-electron chi connectivity index (χ4n) is 9.87. The number of aliphatic hydroxyl groups is 2. The monoisotopic (exact) mass is 986 g/mol. The standard InChI is InChI=1S/C64H123NO5/c1-3-5-7-9-11-13-15-17-18-27-30-33-36-40-44-48-52-56-62(67)61(60-66)65-63(68)57-53-49-45-41-37-34-31-28-25-23-21-19-20-22-24-26-29-32-35-39-43-47-51-55-59-70-64(69)58-54-50-46-42-38-16-14-12-10-8-6-4-2/h12,14,21,23,61-62,66-67H,3-11,13,15-20,22,24-60H2,1-2H3,(H,65,68)/b14-12-,23-21-. The fraction of sp³-hybridized carbons (Fsp3) is 0.906. The van der Waals surface area contributed by atoms with Gasteiger partial charge >= 0.3 is 5.97 Å². The van der Waals surface area contributed by atoms with E-state index in [2.05, 4.69) is 43.5 Å². The van der Waals surface area contributed by atoms with Crippen molar-refractivity contribution in [2.75, 3.05) is 13.2 Å². The van der Waals surface area contributed by atoms with Gasteiger partial charge in [0.15, 0.2) is 0 Å². The number of unbranched alkanes of at least 4 members (excludes halogenated alkanes) is 44. The van der Waals surface area contributed by atoms with Crippen LogP contribution in [-0.2, 0) is 14.3 Å². The summed E-state index contributed by atoms with van der Waals surface area (Å²) in [5, 5.41) is 23.3. The van der Waals surface area contributed by atoms with E-state index in [1.54, 1.807) is 0 Å². The maximum absolute atomic E-state index is 12.5. The molecule has 0 spiro atoms. The van der Waals surface area contributed by atoms with Crippen molar-refractivity contribution in [3.8, 4) is 0 Å². The number of rotatable bonds is 59. The number of esters is 1. The van der Waals surface area contributed by atoms with Crippen molar-refractivity contribution in [2.24, 2.45) is 0 Å². The summed E-state index contributed by atoms with van der Waals surface area (Å²) in [6.07, 6.45) is 73.3. The fourth-order valence-corrected chi connectivity index (χ4v) is 9.87. The summed E-state index contributed by atoms with van der Waals surface area (Å²) in [7, 11) is 0. The highest BCUT2D eigenvalue weighted by Gasteiger charge is 2.20. The van der Waals surface area contributed by atoms with Gasteiger partial charge in [-0.3, -0.25) is 9.59 Å². The molecule has 0 radical (unpaired) electrons. The van der Waals surface area contributed by atoms with Crippen LogP contribution in [0.25, 0.3) is 0 Å². The minimum absolute atomic E-state index is 0.00277. The molecule has 0 aromatic rings. The van der Waals surface area contributed by atoms with Crippen LogP contribution in [0.5, 0.6) is 0 Å². The van der Waals surface area contributed by atoms with Crippen molar-refractivity contribution in [2.45, 2.75) is 360 Å². The maximum atomic E-state index is 12.5. The van der Waals surface area contributed by atoms with Crippen LogP contribution in [0.2, 0.25) is 0 Å². The molecule has 6 nitrogen and oxygen atoms in total. The zero-order chi connectivity index (χ0) is 50.7. The smallest absolute Gasteiger partial charge is 0.305 e. The van der Waals surface area contributed by atoms with Crippen LogP contribution in [0.1, 0.15) is 348 Å². The number of aliphatic hydroxyl groups excluding tert-OH is 2. The van der Waals surface area contributed by atoms with E-state index in [9.17, 15) is 19.8 Å². The van der Waals surface area contributed by atoms with Gasteiger partial charge < -0.3 is 20.3 Å². The maximum Gasteiger partial charge on any atom is 0.305 e. The zero-order valence-corrected chi connectivity index (χ0v) is 47.3. The Kier molecular flexibility index (Phi) is 58.5. The van der Waals surface area contributed by atoms with Crippen molar-refractivity contribution in [3.63, 3.8) is 0 Å². The number of amides is 1. The molecule has 3 N–H and O–H groups in total. The molecule has 0 aliphatic carbocycles. The molecule has 0 aliphatic heterocycles. The number of carbonyl (C=O) groups excluding carboxylic acids is 2. The first kappa shape index (κ1) is 68.3. The zero-order valence-electron chi connectivity index (χ0n) is 47.3. The molecule has 2 unspecified atom stereocenters. The summed E-state index contributed by atoms with van der Waals surface area (Å²) < 4.78 is 5.47. The molecular formula is C64H123NO5. The van der Waals surface area contributed by atoms with Crippen molar-refractivity contribution in [1.82, 2.24) is 5.32 Å². The van der Waals surface area contributed by atoms with E-state index in [0.29, 0.717) is 25.9 Å². The van der Waals surface area contributed by atoms with Gasteiger partial charge in [0.05, 0.1) is 25.4 Å². The van der Waals surface area contributed by atoms with Crippen molar-refractivity contribution in [1.29, 1.82) is 0 Å². The molecule has 0 aromatic carbocycles. The molecule has 414 valence electrons. The Bertz CT molecular complexity index is 1090. The highest BCUT2D eigenvalue weighted by Crippen LogP contribution is 2.18. The lowest BCUT2D eigenvalue weighted by Gasteiger charge is -2.22. The second-order valence-corrected chi connectivity index (χ2v) is 21.7. The van der Waals surface area contributed by atoms with E-state index < -0.39 is 12.1 Å². The number of nitrogens with one attached hydrogen (secondary N) is 1. The average Bonchev–Trinajstić information content (AvgIpc) is 3.36. The van der Waals surface area contributed by atoms with E-state index in [1.165, 1.54) is 270 Å². The average molecular weight is 987 g/mol. The summed E-state index contributed by atoms with van der Waals surface area (Å²) in [6, 6.07) is -0.545. The molecule has 1 amide bonds. The molecule has 0 aliphatic rings. The topological polar surface area (TPSA) is 95.9 Å². The Morgan fingerprint density at radius 3 is 1.04 bits per heavy atom. The third-order valence-corrected chi connectivity index (χ3v) is 14.7. The van der Waals surface area contributed by atoms with Gasteiger partial charge in [-0.2, -0.15) is 0 Å². The quantitative estimate of drug-likeness (QED) is 0.0321. The molecule has 70 heavy (non-hydrogen) atoms. The molecule has 0 aromatic heterocycles. The van der Waals surface area contributed by atoms with Crippen LogP contribution in [-0.4, -0.2) is 47.4 Å². The number of carbonyl (C=O) groups is 2. The van der Waals surface area contributed by atoms with Gasteiger partial charge in [-0.05, 0) is 77.0 Å². The predicted octanol–water partition coefficient (Wildman–Crippen LogP) is 19.8. The van der Waals surface area contributed by atoms with Crippen molar-refractivity contribution >= 4 is 11.9 Å². The van der Waals surface area contributed by atoms with E-state index in [0.717, 1.165) is 44.9 Å². The third-order valence-electron chi connectivity index (χ3n) is 14.7. The van der Waals surface area contributed by atoms with Crippen LogP contribution >= 0.6 is 0 Å².